The molecule has 2 aromatic carbocycles. The molecule has 0 bridgehead atoms. The summed E-state index contributed by atoms with van der Waals surface area (Å²) in [6, 6.07) is 15.4. The van der Waals surface area contributed by atoms with Crippen molar-refractivity contribution >= 4 is 28.6 Å². The molecule has 1 unspecified atom stereocenters. The topological polar surface area (TPSA) is 102 Å². The molecule has 4 aromatic rings. The van der Waals surface area contributed by atoms with Crippen LogP contribution in [0.4, 0.5) is 4.39 Å². The van der Waals surface area contributed by atoms with Crippen LogP contribution in [0.3, 0.4) is 0 Å². The Hall–Kier alpha value is -4.04. The van der Waals surface area contributed by atoms with E-state index >= 15 is 0 Å². The first kappa shape index (κ1) is 27.8. The maximum absolute atomic E-state index is 14.3. The highest BCUT2D eigenvalue weighted by atomic mass is 35.5. The van der Waals surface area contributed by atoms with Crippen molar-refractivity contribution < 1.29 is 23.4 Å². The van der Waals surface area contributed by atoms with Crippen LogP contribution in [-0.4, -0.2) is 58.3 Å². The van der Waals surface area contributed by atoms with Crippen molar-refractivity contribution in [1.29, 1.82) is 5.26 Å². The largest absolute Gasteiger partial charge is 0.473 e. The molecule has 4 atom stereocenters. The summed E-state index contributed by atoms with van der Waals surface area (Å²) < 4.78 is 32.9. The number of aromatic nitrogens is 3. The smallest absolute Gasteiger partial charge is 0.337 e. The van der Waals surface area contributed by atoms with Gasteiger partial charge in [0.25, 0.3) is 0 Å². The van der Waals surface area contributed by atoms with Crippen LogP contribution in [0, 0.1) is 29.0 Å². The number of pyridine rings is 1. The second-order valence-electron chi connectivity index (χ2n) is 11.4. The Balaban J connectivity index is 1.03. The fourth-order valence-corrected chi connectivity index (χ4v) is 6.64. The first-order chi connectivity index (χ1) is 20.9. The Kier molecular flexibility index (Phi) is 7.25. The summed E-state index contributed by atoms with van der Waals surface area (Å²) in [7, 11) is 1.36. The summed E-state index contributed by atoms with van der Waals surface area (Å²) >= 11 is 6.58. The zero-order valence-electron chi connectivity index (χ0n) is 23.5. The molecule has 0 spiro atoms. The fraction of sp³-hybridized carbons (Fsp3) is 0.375. The molecule has 0 N–H and O–H groups in total. The van der Waals surface area contributed by atoms with Gasteiger partial charge < -0.3 is 18.8 Å². The molecule has 2 saturated heterocycles. The molecule has 9 nitrogen and oxygen atoms in total. The van der Waals surface area contributed by atoms with Crippen LogP contribution in [0.25, 0.3) is 11.0 Å². The Morgan fingerprint density at radius 1 is 1.19 bits per heavy atom. The van der Waals surface area contributed by atoms with Gasteiger partial charge in [-0.1, -0.05) is 23.7 Å². The number of piperidine rings is 1. The Morgan fingerprint density at radius 3 is 2.70 bits per heavy atom. The Labute approximate surface area is 252 Å². The third-order valence-corrected chi connectivity index (χ3v) is 9.05. The molecule has 3 aliphatic rings. The number of ether oxygens (including phenoxy) is 3. The van der Waals surface area contributed by atoms with Crippen molar-refractivity contribution in [3.8, 4) is 11.9 Å². The zero-order valence-corrected chi connectivity index (χ0v) is 24.3. The van der Waals surface area contributed by atoms with E-state index in [1.54, 1.807) is 30.3 Å². The molecule has 3 fully saturated rings. The number of nitrogens with zero attached hydrogens (tertiary/aromatic N) is 5. The number of esters is 1. The van der Waals surface area contributed by atoms with Crippen LogP contribution in [0.5, 0.6) is 5.88 Å². The lowest BCUT2D eigenvalue weighted by atomic mass is 10.1. The highest BCUT2D eigenvalue weighted by Crippen LogP contribution is 2.58. The maximum atomic E-state index is 14.3. The van der Waals surface area contributed by atoms with E-state index in [9.17, 15) is 9.18 Å². The van der Waals surface area contributed by atoms with Crippen LogP contribution in [0.1, 0.15) is 45.3 Å². The zero-order chi connectivity index (χ0) is 29.7. The number of fused-ring (bicyclic) bond motifs is 2. The number of rotatable bonds is 9. The number of benzene rings is 2. The number of likely N-dealkylation sites (tertiary alicyclic amines) is 1. The van der Waals surface area contributed by atoms with Crippen molar-refractivity contribution in [1.82, 2.24) is 19.4 Å². The molecule has 2 aromatic heterocycles. The van der Waals surface area contributed by atoms with Crippen molar-refractivity contribution in [2.45, 2.75) is 38.1 Å². The van der Waals surface area contributed by atoms with Crippen LogP contribution in [-0.2, 0) is 29.2 Å². The monoisotopic (exact) mass is 601 g/mol. The van der Waals surface area contributed by atoms with Gasteiger partial charge in [0.1, 0.15) is 23.8 Å². The average Bonchev–Trinajstić information content (AvgIpc) is 3.30. The highest BCUT2D eigenvalue weighted by molar-refractivity contribution is 6.35. The minimum atomic E-state index is -0.466. The number of hydrogen-bond acceptors (Lipinski definition) is 8. The summed E-state index contributed by atoms with van der Waals surface area (Å²) in [6.45, 7) is 3.95. The molecular formula is C32H29ClFN5O4. The molecule has 1 aliphatic carbocycles. The third-order valence-electron chi connectivity index (χ3n) is 8.77. The van der Waals surface area contributed by atoms with E-state index in [-0.39, 0.29) is 18.3 Å². The summed E-state index contributed by atoms with van der Waals surface area (Å²) in [4.78, 5) is 24.3. The van der Waals surface area contributed by atoms with E-state index in [0.29, 0.717) is 58.4 Å². The average molecular weight is 602 g/mol. The Bertz CT molecular complexity index is 1750. The number of imidazole rings is 1. The molecule has 11 heteroatoms. The van der Waals surface area contributed by atoms with Crippen LogP contribution < -0.4 is 4.74 Å². The van der Waals surface area contributed by atoms with Gasteiger partial charge in [0.05, 0.1) is 54.0 Å². The van der Waals surface area contributed by atoms with Crippen LogP contribution in [0.15, 0.2) is 48.5 Å². The van der Waals surface area contributed by atoms with Crippen LogP contribution >= 0.6 is 11.6 Å². The van der Waals surface area contributed by atoms with Crippen molar-refractivity contribution in [3.05, 3.63) is 87.6 Å². The number of halogens is 2. The summed E-state index contributed by atoms with van der Waals surface area (Å²) in [5.74, 6) is 1.78. The van der Waals surface area contributed by atoms with E-state index < -0.39 is 11.8 Å². The van der Waals surface area contributed by atoms with Crippen LogP contribution in [0.2, 0.25) is 5.02 Å². The first-order valence-corrected chi connectivity index (χ1v) is 14.7. The SMILES string of the molecule is COC(=O)c1cc(Cl)c2nc(CN3C[C@@H]4C(c5cccc(OCc6ccc(C#N)cc6F)n5)[C@@H]4C3)n(C[C@@H]3CCO3)c2c1. The van der Waals surface area contributed by atoms with Crippen molar-refractivity contribution in [3.63, 3.8) is 0 Å². The molecule has 0 radical (unpaired) electrons. The molecule has 7 rings (SSSR count). The molecule has 2 aliphatic heterocycles. The van der Waals surface area contributed by atoms with Crippen molar-refractivity contribution in [2.75, 3.05) is 26.8 Å². The molecule has 0 amide bonds. The van der Waals surface area contributed by atoms with E-state index in [1.807, 2.05) is 18.2 Å². The molecule has 1 saturated carbocycles. The highest BCUT2D eigenvalue weighted by Gasteiger charge is 2.57. The lowest BCUT2D eigenvalue weighted by Gasteiger charge is -2.28. The van der Waals surface area contributed by atoms with Gasteiger partial charge in [-0.25, -0.2) is 19.2 Å². The lowest BCUT2D eigenvalue weighted by Crippen LogP contribution is -2.33. The van der Waals surface area contributed by atoms with Gasteiger partial charge in [-0.15, -0.1) is 0 Å². The fourth-order valence-electron chi connectivity index (χ4n) is 6.39. The second kappa shape index (κ2) is 11.2. The number of hydrogen-bond donors (Lipinski definition) is 0. The molecule has 43 heavy (non-hydrogen) atoms. The van der Waals surface area contributed by atoms with E-state index in [4.69, 9.17) is 41.0 Å². The third kappa shape index (κ3) is 5.33. The standard InChI is InChI=1S/C32H29ClFN5O4/c1-41-32(40)20-10-24(33)31-27(11-20)39(13-21-7-8-42-21)28(37-31)16-38-14-22-23(15-38)30(22)26-3-2-4-29(36-26)43-17-19-6-5-18(12-35)9-25(19)34/h2-6,9-11,21-23,30H,7-8,13-17H2,1H3/t21-,22-,23+,30?/m0/s1. The normalized spacial score (nSPS) is 22.6. The predicted molar refractivity (Wildman–Crippen MR) is 155 cm³/mol. The second-order valence-corrected chi connectivity index (χ2v) is 11.8. The lowest BCUT2D eigenvalue weighted by molar-refractivity contribution is -0.0591. The first-order valence-electron chi connectivity index (χ1n) is 14.3. The molecule has 220 valence electrons. The van der Waals surface area contributed by atoms with E-state index in [0.717, 1.165) is 43.2 Å². The predicted octanol–water partition coefficient (Wildman–Crippen LogP) is 5.10. The minimum Gasteiger partial charge on any atom is -0.473 e. The van der Waals surface area contributed by atoms with E-state index in [1.165, 1.54) is 13.2 Å². The number of nitriles is 1. The van der Waals surface area contributed by atoms with Gasteiger partial charge >= 0.3 is 5.97 Å². The summed E-state index contributed by atoms with van der Waals surface area (Å²) in [5.41, 5.74) is 3.52. The number of carbonyl (C=O) groups is 1. The molecular weight excluding hydrogens is 573 g/mol. The maximum Gasteiger partial charge on any atom is 0.337 e. The van der Waals surface area contributed by atoms with Gasteiger partial charge in [-0.3, -0.25) is 4.90 Å². The van der Waals surface area contributed by atoms with Gasteiger partial charge in [0.15, 0.2) is 0 Å². The number of carbonyl (C=O) groups excluding carboxylic acids is 1. The van der Waals surface area contributed by atoms with Gasteiger partial charge in [-0.05, 0) is 48.6 Å². The quantitative estimate of drug-likeness (QED) is 0.244. The van der Waals surface area contributed by atoms with Gasteiger partial charge in [0, 0.05) is 42.9 Å². The van der Waals surface area contributed by atoms with Crippen molar-refractivity contribution in [2.24, 2.45) is 11.8 Å². The van der Waals surface area contributed by atoms with E-state index in [2.05, 4.69) is 9.47 Å². The summed E-state index contributed by atoms with van der Waals surface area (Å²) in [5, 5.41) is 9.37. The Morgan fingerprint density at radius 2 is 2.00 bits per heavy atom. The molecule has 4 heterocycles. The van der Waals surface area contributed by atoms with Gasteiger partial charge in [-0.2, -0.15) is 5.26 Å². The minimum absolute atomic E-state index is 0.0390. The number of methoxy groups -OCH3 is 1. The summed E-state index contributed by atoms with van der Waals surface area (Å²) in [6.07, 6.45) is 1.10. The van der Waals surface area contributed by atoms with Gasteiger partial charge in [0.2, 0.25) is 5.88 Å².